The molecule has 5 N–H and O–H groups in total. The number of unbranched alkanes of at least 4 members (excludes halogenated alkanes) is 25. The average Bonchev–Trinajstić information content (AvgIpc) is 3.22. The Morgan fingerprint density at radius 1 is 0.559 bits per heavy atom. The molecule has 0 fully saturated rings. The molecule has 1 amide bonds. The molecule has 0 aliphatic rings. The number of nitrogens with two attached hydrogens (primary N) is 1. The van der Waals surface area contributed by atoms with E-state index in [1.165, 1.54) is 135 Å². The molecule has 3 unspecified atom stereocenters. The standard InChI is InChI=1S/C50H93N2O6P/c1-3-5-7-9-11-13-15-17-19-21-23-24-26-27-29-31-33-35-37-39-41-43-49(53)48(47-58-59(55,56)57-46-45-51)52-50(54)44-42-40-38-36-34-32-30-28-25-22-20-18-16-14-12-10-8-6-4-2/h12,14,18,20,25,28,33,35,41,43,48-49,53H,3-11,13,15-17,19,21-24,26-27,29-32,34,36-40,42,44-47,51H2,1-2H3,(H,52,54)(H,55,56)/b14-12-,20-18-,28-25-,35-33+,43-41+. The van der Waals surface area contributed by atoms with Gasteiger partial charge in [-0.05, 0) is 70.6 Å². The third-order valence-electron chi connectivity index (χ3n) is 10.6. The van der Waals surface area contributed by atoms with E-state index in [0.29, 0.717) is 6.42 Å². The van der Waals surface area contributed by atoms with Crippen LogP contribution in [0.5, 0.6) is 0 Å². The number of allylic oxidation sites excluding steroid dienone is 9. The molecule has 3 atom stereocenters. The lowest BCUT2D eigenvalue weighted by atomic mass is 10.0. The molecule has 0 bridgehead atoms. The van der Waals surface area contributed by atoms with E-state index in [1.807, 2.05) is 6.08 Å². The molecule has 9 heteroatoms. The summed E-state index contributed by atoms with van der Waals surface area (Å²) in [5, 5.41) is 13.7. The number of aliphatic hydroxyl groups excluding tert-OH is 1. The van der Waals surface area contributed by atoms with Gasteiger partial charge in [0.25, 0.3) is 0 Å². The van der Waals surface area contributed by atoms with Gasteiger partial charge in [0.2, 0.25) is 5.91 Å². The first-order chi connectivity index (χ1) is 28.9. The Balaban J connectivity index is 4.22. The molecule has 0 aromatic rings. The van der Waals surface area contributed by atoms with E-state index in [2.05, 4.69) is 67.8 Å². The maximum absolute atomic E-state index is 12.8. The summed E-state index contributed by atoms with van der Waals surface area (Å²) < 4.78 is 22.2. The van der Waals surface area contributed by atoms with Gasteiger partial charge in [0.15, 0.2) is 0 Å². The molecule has 0 aliphatic heterocycles. The number of carbonyl (C=O) groups excluding carboxylic acids is 1. The first-order valence-electron chi connectivity index (χ1n) is 24.4. The maximum atomic E-state index is 12.8. The van der Waals surface area contributed by atoms with Gasteiger partial charge in [-0.3, -0.25) is 13.8 Å². The van der Waals surface area contributed by atoms with E-state index in [9.17, 15) is 19.4 Å². The molecule has 0 aromatic heterocycles. The second-order valence-corrected chi connectivity index (χ2v) is 17.8. The number of nitrogens with one attached hydrogen (secondary N) is 1. The average molecular weight is 849 g/mol. The van der Waals surface area contributed by atoms with Gasteiger partial charge in [-0.2, -0.15) is 0 Å². The molecule has 0 radical (unpaired) electrons. The summed E-state index contributed by atoms with van der Waals surface area (Å²) in [7, 11) is -4.36. The molecule has 8 nitrogen and oxygen atoms in total. The first-order valence-corrected chi connectivity index (χ1v) is 25.9. The minimum absolute atomic E-state index is 0.0694. The monoisotopic (exact) mass is 849 g/mol. The molecule has 0 rings (SSSR count). The van der Waals surface area contributed by atoms with E-state index in [1.54, 1.807) is 6.08 Å². The quantitative estimate of drug-likeness (QED) is 0.0273. The summed E-state index contributed by atoms with van der Waals surface area (Å²) >= 11 is 0. The van der Waals surface area contributed by atoms with Gasteiger partial charge in [-0.15, -0.1) is 0 Å². The fraction of sp³-hybridized carbons (Fsp3) is 0.780. The highest BCUT2D eigenvalue weighted by atomic mass is 31.2. The number of amides is 1. The van der Waals surface area contributed by atoms with Gasteiger partial charge < -0.3 is 21.1 Å². The summed E-state index contributed by atoms with van der Waals surface area (Å²) in [5.41, 5.74) is 5.38. The summed E-state index contributed by atoms with van der Waals surface area (Å²) in [5.74, 6) is -0.217. The summed E-state index contributed by atoms with van der Waals surface area (Å²) in [6.07, 6.45) is 58.5. The summed E-state index contributed by atoms with van der Waals surface area (Å²) in [4.78, 5) is 22.8. The van der Waals surface area contributed by atoms with E-state index in [4.69, 9.17) is 14.8 Å². The fourth-order valence-electron chi connectivity index (χ4n) is 6.86. The molecule has 0 aromatic carbocycles. The third kappa shape index (κ3) is 44.1. The normalized spacial score (nSPS) is 14.5. The Hall–Kier alpha value is -1.80. The third-order valence-corrected chi connectivity index (χ3v) is 11.5. The van der Waals surface area contributed by atoms with Crippen molar-refractivity contribution in [3.8, 4) is 0 Å². The highest BCUT2D eigenvalue weighted by molar-refractivity contribution is 7.47. The van der Waals surface area contributed by atoms with E-state index in [0.717, 1.165) is 64.2 Å². The topological polar surface area (TPSA) is 131 Å². The van der Waals surface area contributed by atoms with E-state index in [-0.39, 0.29) is 25.7 Å². The Morgan fingerprint density at radius 2 is 0.949 bits per heavy atom. The van der Waals surface area contributed by atoms with Crippen LogP contribution in [0, 0.1) is 0 Å². The zero-order chi connectivity index (χ0) is 43.2. The van der Waals surface area contributed by atoms with Crippen LogP contribution >= 0.6 is 7.82 Å². The number of phosphoric acid groups is 1. The molecule has 344 valence electrons. The fourth-order valence-corrected chi connectivity index (χ4v) is 7.62. The SMILES string of the molecule is CCCCC/C=C\C/C=C\C/C=C\CCCCCCCCC(=O)NC(COP(=O)(O)OCCN)C(O)/C=C/CC/C=C/CCCCCCCCCCCCCCCCC. The molecule has 0 saturated carbocycles. The maximum Gasteiger partial charge on any atom is 0.472 e. The predicted octanol–water partition coefficient (Wildman–Crippen LogP) is 14.2. The molecular formula is C50H93N2O6P. The van der Waals surface area contributed by atoms with Gasteiger partial charge in [0.1, 0.15) is 0 Å². The highest BCUT2D eigenvalue weighted by Gasteiger charge is 2.26. The van der Waals surface area contributed by atoms with Gasteiger partial charge >= 0.3 is 7.82 Å². The minimum Gasteiger partial charge on any atom is -0.387 e. The van der Waals surface area contributed by atoms with Crippen molar-refractivity contribution in [3.05, 3.63) is 60.8 Å². The van der Waals surface area contributed by atoms with Gasteiger partial charge in [0.05, 0.1) is 25.4 Å². The summed E-state index contributed by atoms with van der Waals surface area (Å²) in [6, 6.07) is -0.887. The van der Waals surface area contributed by atoms with Crippen molar-refractivity contribution in [1.29, 1.82) is 0 Å². The minimum atomic E-state index is -4.36. The van der Waals surface area contributed by atoms with Crippen LogP contribution in [0.2, 0.25) is 0 Å². The van der Waals surface area contributed by atoms with Crippen molar-refractivity contribution in [3.63, 3.8) is 0 Å². The molecule has 0 saturated heterocycles. The molecule has 0 spiro atoms. The second-order valence-electron chi connectivity index (χ2n) is 16.3. The molecule has 59 heavy (non-hydrogen) atoms. The van der Waals surface area contributed by atoms with Crippen molar-refractivity contribution < 1.29 is 28.4 Å². The number of hydrogen-bond acceptors (Lipinski definition) is 6. The van der Waals surface area contributed by atoms with Crippen LogP contribution in [-0.2, 0) is 18.4 Å². The zero-order valence-corrected chi connectivity index (χ0v) is 39.1. The van der Waals surface area contributed by atoms with E-state index < -0.39 is 20.0 Å². The molecular weight excluding hydrogens is 756 g/mol. The largest absolute Gasteiger partial charge is 0.472 e. The van der Waals surface area contributed by atoms with Crippen molar-refractivity contribution in [2.24, 2.45) is 5.73 Å². The molecule has 0 heterocycles. The number of phosphoric ester groups is 1. The highest BCUT2D eigenvalue weighted by Crippen LogP contribution is 2.43. The lowest BCUT2D eigenvalue weighted by Gasteiger charge is -2.23. The van der Waals surface area contributed by atoms with Crippen LogP contribution in [0.25, 0.3) is 0 Å². The number of aliphatic hydroxyl groups is 1. The number of rotatable bonds is 45. The van der Waals surface area contributed by atoms with Crippen LogP contribution in [0.1, 0.15) is 219 Å². The predicted molar refractivity (Wildman–Crippen MR) is 254 cm³/mol. The Kier molecular flexibility index (Phi) is 44.3. The first kappa shape index (κ1) is 57.2. The van der Waals surface area contributed by atoms with E-state index >= 15 is 0 Å². The lowest BCUT2D eigenvalue weighted by molar-refractivity contribution is -0.123. The van der Waals surface area contributed by atoms with Crippen LogP contribution < -0.4 is 11.1 Å². The van der Waals surface area contributed by atoms with Gasteiger partial charge in [-0.25, -0.2) is 4.57 Å². The van der Waals surface area contributed by atoms with Gasteiger partial charge in [0, 0.05) is 13.0 Å². The smallest absolute Gasteiger partial charge is 0.387 e. The number of carbonyl (C=O) groups is 1. The molecule has 0 aliphatic carbocycles. The van der Waals surface area contributed by atoms with Crippen LogP contribution in [0.4, 0.5) is 0 Å². The van der Waals surface area contributed by atoms with Crippen molar-refractivity contribution in [2.45, 2.75) is 231 Å². The second kappa shape index (κ2) is 45.7. The van der Waals surface area contributed by atoms with Crippen molar-refractivity contribution in [1.82, 2.24) is 5.32 Å². The van der Waals surface area contributed by atoms with Crippen molar-refractivity contribution >= 4 is 13.7 Å². The number of hydrogen-bond donors (Lipinski definition) is 4. The Morgan fingerprint density at radius 3 is 1.46 bits per heavy atom. The van der Waals surface area contributed by atoms with Crippen LogP contribution in [-0.4, -0.2) is 47.8 Å². The van der Waals surface area contributed by atoms with Crippen molar-refractivity contribution in [2.75, 3.05) is 19.8 Å². The zero-order valence-electron chi connectivity index (χ0n) is 38.2. The Labute approximate surface area is 364 Å². The van der Waals surface area contributed by atoms with Crippen LogP contribution in [0.15, 0.2) is 60.8 Å². The van der Waals surface area contributed by atoms with Gasteiger partial charge in [-0.1, -0.05) is 203 Å². The lowest BCUT2D eigenvalue weighted by Crippen LogP contribution is -2.45. The Bertz CT molecular complexity index is 1110. The van der Waals surface area contributed by atoms with Crippen LogP contribution in [0.3, 0.4) is 0 Å². The summed E-state index contributed by atoms with van der Waals surface area (Å²) in [6.45, 7) is 4.09.